The molecular weight excluding hydrogens is 1060 g/mol. The van der Waals surface area contributed by atoms with Gasteiger partial charge in [0, 0.05) is 43.1 Å². The smallest absolute Gasteiger partial charge is 0.0634 e. The standard InChI is InChI=1S/C86H64N2/c1-85(2,3)63-41-35-53(36-42-63)61-47-69(55-23-11-7-12-24-55)77(70(48-61)56-25-13-8-14-26-56)59-39-45-67-75(51-59)87-73-33-21-19-31-65(73)80-82-68-46-40-60(52-76(68)88-74-34-22-20-32-66(74)79(84(82)88)81(67)83(80)87)78-71(57-27-15-9-16-28-57)49-62(50-72(78)58-29-17-10-18-30-58)54-37-43-64(44-38-54)86(4,5)6/h7-52H,1-6H3. The van der Waals surface area contributed by atoms with Crippen molar-refractivity contribution in [2.24, 2.45) is 0 Å². The quantitative estimate of drug-likeness (QED) is 0.143. The number of rotatable bonds is 8. The van der Waals surface area contributed by atoms with E-state index in [4.69, 9.17) is 0 Å². The van der Waals surface area contributed by atoms with Gasteiger partial charge in [-0.15, -0.1) is 0 Å². The van der Waals surface area contributed by atoms with Gasteiger partial charge in [-0.25, -0.2) is 0 Å². The molecule has 0 aliphatic heterocycles. The van der Waals surface area contributed by atoms with Crippen molar-refractivity contribution in [1.82, 2.24) is 8.80 Å². The van der Waals surface area contributed by atoms with Crippen LogP contribution in [0.15, 0.2) is 279 Å². The summed E-state index contributed by atoms with van der Waals surface area (Å²) in [6.07, 6.45) is 0. The summed E-state index contributed by atoms with van der Waals surface area (Å²) in [5.41, 5.74) is 29.4. The molecule has 17 rings (SSSR count). The largest absolute Gasteiger partial charge is 0.308 e. The van der Waals surface area contributed by atoms with Crippen molar-refractivity contribution in [2.75, 3.05) is 0 Å². The van der Waals surface area contributed by atoms with Crippen molar-refractivity contribution in [3.63, 3.8) is 0 Å². The first-order chi connectivity index (χ1) is 42.9. The van der Waals surface area contributed by atoms with E-state index in [2.05, 4.69) is 329 Å². The van der Waals surface area contributed by atoms with Crippen molar-refractivity contribution in [3.05, 3.63) is 290 Å². The van der Waals surface area contributed by atoms with Crippen molar-refractivity contribution in [2.45, 2.75) is 52.4 Å². The minimum atomic E-state index is 0.0586. The lowest BCUT2D eigenvalue weighted by Crippen LogP contribution is -2.10. The lowest BCUT2D eigenvalue weighted by atomic mass is 9.83. The third-order valence-corrected chi connectivity index (χ3v) is 19.1. The highest BCUT2D eigenvalue weighted by atomic mass is 14.9. The van der Waals surface area contributed by atoms with Gasteiger partial charge in [0.2, 0.25) is 0 Å². The monoisotopic (exact) mass is 1120 g/mol. The summed E-state index contributed by atoms with van der Waals surface area (Å²) in [6.45, 7) is 13.7. The van der Waals surface area contributed by atoms with Gasteiger partial charge in [0.15, 0.2) is 0 Å². The first kappa shape index (κ1) is 51.8. The number of benzene rings is 13. The molecule has 13 aromatic carbocycles. The second-order valence-electron chi connectivity index (χ2n) is 26.4. The third kappa shape index (κ3) is 7.95. The van der Waals surface area contributed by atoms with Crippen LogP contribution in [0.4, 0.5) is 0 Å². The molecule has 88 heavy (non-hydrogen) atoms. The fourth-order valence-corrected chi connectivity index (χ4v) is 14.8. The topological polar surface area (TPSA) is 8.82 Å². The van der Waals surface area contributed by atoms with E-state index in [1.165, 1.54) is 176 Å². The van der Waals surface area contributed by atoms with E-state index in [0.29, 0.717) is 0 Å². The molecule has 0 aliphatic carbocycles. The Balaban J connectivity index is 0.938. The maximum Gasteiger partial charge on any atom is 0.0634 e. The van der Waals surface area contributed by atoms with E-state index < -0.39 is 0 Å². The van der Waals surface area contributed by atoms with Gasteiger partial charge in [-0.05, 0) is 160 Å². The lowest BCUT2D eigenvalue weighted by molar-refractivity contribution is 0.590. The van der Waals surface area contributed by atoms with Gasteiger partial charge in [-0.1, -0.05) is 272 Å². The number of para-hydroxylation sites is 2. The molecule has 2 nitrogen and oxygen atoms in total. The number of hydrogen-bond acceptors (Lipinski definition) is 0. The van der Waals surface area contributed by atoms with Crippen LogP contribution in [0.3, 0.4) is 0 Å². The Bertz CT molecular complexity index is 5090. The molecule has 0 radical (unpaired) electrons. The molecule has 2 heteroatoms. The SMILES string of the molecule is CC(C)(C)c1ccc(-c2cc(-c3ccccc3)c(-c3ccc4c5c6c7ccccc7n7c8cc(-c9c(-c%10ccccc%10)cc(-c%10ccc(C(C)(C)C)cc%10)cc9-c9ccccc9)ccc8c(c8c9ccccc9n(c4c3)c85)c67)c(-c3ccccc3)c2)cc1. The Morgan fingerprint density at radius 3 is 0.795 bits per heavy atom. The number of hydrogen-bond donors (Lipinski definition) is 0. The van der Waals surface area contributed by atoms with Gasteiger partial charge in [0.25, 0.3) is 0 Å². The molecule has 0 unspecified atom stereocenters. The molecule has 0 N–H and O–H groups in total. The molecule has 0 saturated carbocycles. The average molecular weight is 1130 g/mol. The van der Waals surface area contributed by atoms with E-state index in [0.717, 1.165) is 0 Å². The predicted molar refractivity (Wildman–Crippen MR) is 377 cm³/mol. The molecule has 4 heterocycles. The summed E-state index contributed by atoms with van der Waals surface area (Å²) in [7, 11) is 0. The summed E-state index contributed by atoms with van der Waals surface area (Å²) in [4.78, 5) is 0. The maximum absolute atomic E-state index is 2.61. The third-order valence-electron chi connectivity index (χ3n) is 19.1. The Hall–Kier alpha value is -10.5. The van der Waals surface area contributed by atoms with Crippen LogP contribution in [0.25, 0.3) is 165 Å². The molecule has 0 bridgehead atoms. The number of fused-ring (bicyclic) bond motifs is 14. The lowest BCUT2D eigenvalue weighted by Gasteiger charge is -2.21. The Kier molecular flexibility index (Phi) is 11.5. The molecule has 0 fully saturated rings. The summed E-state index contributed by atoms with van der Waals surface area (Å²) in [5.74, 6) is 0. The molecule has 0 atom stereocenters. The van der Waals surface area contributed by atoms with Gasteiger partial charge < -0.3 is 8.80 Å². The van der Waals surface area contributed by atoms with Gasteiger partial charge in [0.05, 0.1) is 33.1 Å². The van der Waals surface area contributed by atoms with Crippen LogP contribution in [0.2, 0.25) is 0 Å². The Morgan fingerprint density at radius 1 is 0.216 bits per heavy atom. The van der Waals surface area contributed by atoms with E-state index >= 15 is 0 Å². The van der Waals surface area contributed by atoms with Crippen molar-refractivity contribution >= 4 is 76.2 Å². The van der Waals surface area contributed by atoms with Gasteiger partial charge in [0.1, 0.15) is 0 Å². The van der Waals surface area contributed by atoms with Crippen LogP contribution in [0, 0.1) is 0 Å². The van der Waals surface area contributed by atoms with E-state index in [1.54, 1.807) is 0 Å². The highest BCUT2D eigenvalue weighted by Gasteiger charge is 2.30. The average Bonchev–Trinajstić information content (AvgIpc) is 1.49. The summed E-state index contributed by atoms with van der Waals surface area (Å²) in [6, 6.07) is 105. The van der Waals surface area contributed by atoms with Crippen molar-refractivity contribution in [1.29, 1.82) is 0 Å². The summed E-state index contributed by atoms with van der Waals surface area (Å²) < 4.78 is 5.22. The van der Waals surface area contributed by atoms with Crippen LogP contribution in [0.5, 0.6) is 0 Å². The first-order valence-electron chi connectivity index (χ1n) is 31.1. The van der Waals surface area contributed by atoms with Gasteiger partial charge in [-0.3, -0.25) is 0 Å². The zero-order valence-corrected chi connectivity index (χ0v) is 50.5. The molecule has 4 aromatic heterocycles. The van der Waals surface area contributed by atoms with Crippen molar-refractivity contribution in [3.8, 4) is 89.0 Å². The van der Waals surface area contributed by atoms with E-state index in [-0.39, 0.29) is 10.8 Å². The first-order valence-corrected chi connectivity index (χ1v) is 31.1. The fraction of sp³-hybridized carbons (Fsp3) is 0.0930. The van der Waals surface area contributed by atoms with Gasteiger partial charge >= 0.3 is 0 Å². The molecule has 0 amide bonds. The van der Waals surface area contributed by atoms with E-state index in [9.17, 15) is 0 Å². The minimum absolute atomic E-state index is 0.0586. The second-order valence-corrected chi connectivity index (χ2v) is 26.4. The molecule has 17 aromatic rings. The zero-order chi connectivity index (χ0) is 59.2. The summed E-state index contributed by atoms with van der Waals surface area (Å²) in [5, 5.41) is 10.3. The number of nitrogens with zero attached hydrogens (tertiary/aromatic N) is 2. The molecular formula is C86H64N2. The Labute approximate surface area is 513 Å². The van der Waals surface area contributed by atoms with Crippen molar-refractivity contribution < 1.29 is 0 Å². The normalized spacial score (nSPS) is 12.4. The van der Waals surface area contributed by atoms with Crippen LogP contribution >= 0.6 is 0 Å². The Morgan fingerprint density at radius 2 is 0.489 bits per heavy atom. The summed E-state index contributed by atoms with van der Waals surface area (Å²) >= 11 is 0. The highest BCUT2D eigenvalue weighted by molar-refractivity contribution is 6.45. The molecule has 0 aliphatic rings. The van der Waals surface area contributed by atoms with Crippen LogP contribution in [-0.4, -0.2) is 8.80 Å². The second kappa shape index (κ2) is 19.5. The molecule has 0 saturated heterocycles. The van der Waals surface area contributed by atoms with Gasteiger partial charge in [-0.2, -0.15) is 0 Å². The molecule has 0 spiro atoms. The number of aromatic nitrogens is 2. The van der Waals surface area contributed by atoms with Crippen LogP contribution < -0.4 is 0 Å². The maximum atomic E-state index is 2.61. The highest BCUT2D eigenvalue weighted by Crippen LogP contribution is 2.54. The van der Waals surface area contributed by atoms with Crippen LogP contribution in [0.1, 0.15) is 52.7 Å². The van der Waals surface area contributed by atoms with E-state index in [1.807, 2.05) is 0 Å². The molecule has 418 valence electrons. The van der Waals surface area contributed by atoms with Crippen LogP contribution in [-0.2, 0) is 10.8 Å². The predicted octanol–water partition coefficient (Wildman–Crippen LogP) is 23.9. The fourth-order valence-electron chi connectivity index (χ4n) is 14.8. The minimum Gasteiger partial charge on any atom is -0.308 e. The zero-order valence-electron chi connectivity index (χ0n) is 50.5.